The quantitative estimate of drug-likeness (QED) is 0.901. The Morgan fingerprint density at radius 1 is 1.28 bits per heavy atom. The van der Waals surface area contributed by atoms with E-state index >= 15 is 0 Å². The van der Waals surface area contributed by atoms with Gasteiger partial charge in [-0.05, 0) is 36.8 Å². The monoisotopic (exact) mass is 245 g/mol. The lowest BCUT2D eigenvalue weighted by molar-refractivity contribution is 0.0912. The Labute approximate surface area is 106 Å². The van der Waals surface area contributed by atoms with Crippen LogP contribution < -0.4 is 10.1 Å². The van der Waals surface area contributed by atoms with Crippen molar-refractivity contribution in [2.75, 3.05) is 7.11 Å². The Morgan fingerprint density at radius 2 is 2.00 bits per heavy atom. The Bertz CT molecular complexity index is 502. The highest BCUT2D eigenvalue weighted by atomic mass is 16.5. The zero-order valence-electron chi connectivity index (χ0n) is 10.3. The Kier molecular flexibility index (Phi) is 3.67. The van der Waals surface area contributed by atoms with Crippen LogP contribution in [0.15, 0.2) is 47.1 Å². The van der Waals surface area contributed by atoms with E-state index in [4.69, 9.17) is 9.15 Å². The summed E-state index contributed by atoms with van der Waals surface area (Å²) in [6, 6.07) is 10.8. The summed E-state index contributed by atoms with van der Waals surface area (Å²) in [4.78, 5) is 11.8. The molecule has 0 fully saturated rings. The predicted molar refractivity (Wildman–Crippen MR) is 67.6 cm³/mol. The Morgan fingerprint density at radius 3 is 2.56 bits per heavy atom. The maximum atomic E-state index is 11.8. The van der Waals surface area contributed by atoms with Crippen LogP contribution in [0.4, 0.5) is 0 Å². The number of hydrogen-bond acceptors (Lipinski definition) is 3. The summed E-state index contributed by atoms with van der Waals surface area (Å²) in [6.07, 6.45) is 1.48. The Hall–Kier alpha value is -2.23. The summed E-state index contributed by atoms with van der Waals surface area (Å²) >= 11 is 0. The van der Waals surface area contributed by atoms with Crippen LogP contribution in [0.25, 0.3) is 0 Å². The highest BCUT2D eigenvalue weighted by Crippen LogP contribution is 2.17. The molecule has 2 aromatic rings. The van der Waals surface area contributed by atoms with Gasteiger partial charge in [-0.15, -0.1) is 0 Å². The maximum absolute atomic E-state index is 11.8. The third-order valence-corrected chi connectivity index (χ3v) is 2.71. The number of amides is 1. The van der Waals surface area contributed by atoms with Crippen molar-refractivity contribution in [2.45, 2.75) is 13.0 Å². The van der Waals surface area contributed by atoms with Gasteiger partial charge < -0.3 is 14.5 Å². The number of carbonyl (C=O) groups is 1. The lowest BCUT2D eigenvalue weighted by atomic mass is 10.1. The van der Waals surface area contributed by atoms with Crippen LogP contribution in [0.3, 0.4) is 0 Å². The van der Waals surface area contributed by atoms with Gasteiger partial charge in [-0.2, -0.15) is 0 Å². The number of furan rings is 1. The van der Waals surface area contributed by atoms with E-state index in [0.717, 1.165) is 11.3 Å². The van der Waals surface area contributed by atoms with Crippen molar-refractivity contribution in [3.63, 3.8) is 0 Å². The molecule has 0 aliphatic rings. The summed E-state index contributed by atoms with van der Waals surface area (Å²) in [5.74, 6) is 0.891. The van der Waals surface area contributed by atoms with Crippen LogP contribution in [-0.4, -0.2) is 13.0 Å². The van der Waals surface area contributed by atoms with Crippen molar-refractivity contribution < 1.29 is 13.9 Å². The van der Waals surface area contributed by atoms with Gasteiger partial charge in [-0.3, -0.25) is 4.79 Å². The molecule has 0 saturated heterocycles. The van der Waals surface area contributed by atoms with Gasteiger partial charge in [0.15, 0.2) is 5.76 Å². The molecule has 0 radical (unpaired) electrons. The van der Waals surface area contributed by atoms with Gasteiger partial charge >= 0.3 is 0 Å². The van der Waals surface area contributed by atoms with Crippen molar-refractivity contribution in [1.29, 1.82) is 0 Å². The fraction of sp³-hybridized carbons (Fsp3) is 0.214. The molecule has 0 saturated carbocycles. The number of nitrogens with one attached hydrogen (secondary N) is 1. The fourth-order valence-corrected chi connectivity index (χ4v) is 1.65. The third-order valence-electron chi connectivity index (χ3n) is 2.71. The lowest BCUT2D eigenvalue weighted by Gasteiger charge is -2.13. The van der Waals surface area contributed by atoms with Gasteiger partial charge in [0.1, 0.15) is 5.75 Å². The molecule has 1 N–H and O–H groups in total. The molecule has 1 amide bonds. The summed E-state index contributed by atoms with van der Waals surface area (Å²) in [5, 5.41) is 2.86. The first-order valence-corrected chi connectivity index (χ1v) is 5.69. The SMILES string of the molecule is COc1ccc([C@H](C)NC(=O)c2ccco2)cc1. The molecule has 4 heteroatoms. The first kappa shape index (κ1) is 12.2. The molecule has 2 rings (SSSR count). The van der Waals surface area contributed by atoms with E-state index in [1.54, 1.807) is 19.2 Å². The first-order valence-electron chi connectivity index (χ1n) is 5.69. The first-order chi connectivity index (χ1) is 8.70. The lowest BCUT2D eigenvalue weighted by Crippen LogP contribution is -2.26. The van der Waals surface area contributed by atoms with E-state index in [-0.39, 0.29) is 11.9 Å². The Balaban J connectivity index is 2.02. The average molecular weight is 245 g/mol. The molecule has 0 unspecified atom stereocenters. The molecule has 1 heterocycles. The molecule has 0 aliphatic heterocycles. The van der Waals surface area contributed by atoms with Gasteiger partial charge in [-0.1, -0.05) is 12.1 Å². The van der Waals surface area contributed by atoms with Crippen LogP contribution >= 0.6 is 0 Å². The number of hydrogen-bond donors (Lipinski definition) is 1. The van der Waals surface area contributed by atoms with Crippen molar-refractivity contribution in [3.05, 3.63) is 54.0 Å². The largest absolute Gasteiger partial charge is 0.497 e. The summed E-state index contributed by atoms with van der Waals surface area (Å²) in [7, 11) is 1.62. The minimum atomic E-state index is -0.219. The van der Waals surface area contributed by atoms with Crippen LogP contribution in [0, 0.1) is 0 Å². The van der Waals surface area contributed by atoms with Gasteiger partial charge in [0.25, 0.3) is 5.91 Å². The summed E-state index contributed by atoms with van der Waals surface area (Å²) in [6.45, 7) is 1.92. The maximum Gasteiger partial charge on any atom is 0.287 e. The van der Waals surface area contributed by atoms with Crippen molar-refractivity contribution in [2.24, 2.45) is 0 Å². The van der Waals surface area contributed by atoms with Crippen LogP contribution in [-0.2, 0) is 0 Å². The van der Waals surface area contributed by atoms with E-state index in [0.29, 0.717) is 5.76 Å². The van der Waals surface area contributed by atoms with E-state index in [1.165, 1.54) is 6.26 Å². The normalized spacial score (nSPS) is 11.9. The van der Waals surface area contributed by atoms with E-state index in [1.807, 2.05) is 31.2 Å². The highest BCUT2D eigenvalue weighted by Gasteiger charge is 2.13. The van der Waals surface area contributed by atoms with E-state index in [9.17, 15) is 4.79 Å². The fourth-order valence-electron chi connectivity index (χ4n) is 1.65. The zero-order valence-corrected chi connectivity index (χ0v) is 10.3. The van der Waals surface area contributed by atoms with E-state index in [2.05, 4.69) is 5.32 Å². The second-order valence-corrected chi connectivity index (χ2v) is 3.95. The molecule has 1 aromatic heterocycles. The average Bonchev–Trinajstić information content (AvgIpc) is 2.92. The molecule has 0 bridgehead atoms. The molecule has 1 aromatic carbocycles. The standard InChI is InChI=1S/C14H15NO3/c1-10(11-5-7-12(17-2)8-6-11)15-14(16)13-4-3-9-18-13/h3-10H,1-2H3,(H,15,16)/t10-/m0/s1. The van der Waals surface area contributed by atoms with Crippen LogP contribution in [0.2, 0.25) is 0 Å². The molecule has 0 aliphatic carbocycles. The van der Waals surface area contributed by atoms with Gasteiger partial charge in [0.2, 0.25) is 0 Å². The van der Waals surface area contributed by atoms with Crippen LogP contribution in [0.1, 0.15) is 29.1 Å². The van der Waals surface area contributed by atoms with E-state index < -0.39 is 0 Å². The number of ether oxygens (including phenoxy) is 1. The second kappa shape index (κ2) is 5.40. The minimum Gasteiger partial charge on any atom is -0.497 e. The highest BCUT2D eigenvalue weighted by molar-refractivity contribution is 5.91. The minimum absolute atomic E-state index is 0.0893. The van der Waals surface area contributed by atoms with Gasteiger partial charge in [-0.25, -0.2) is 0 Å². The van der Waals surface area contributed by atoms with Crippen molar-refractivity contribution in [3.8, 4) is 5.75 Å². The summed E-state index contributed by atoms with van der Waals surface area (Å²) < 4.78 is 10.1. The molecule has 0 spiro atoms. The van der Waals surface area contributed by atoms with Crippen LogP contribution in [0.5, 0.6) is 5.75 Å². The van der Waals surface area contributed by atoms with Gasteiger partial charge in [0, 0.05) is 0 Å². The number of carbonyl (C=O) groups excluding carboxylic acids is 1. The molecule has 94 valence electrons. The second-order valence-electron chi connectivity index (χ2n) is 3.95. The molecule has 4 nitrogen and oxygen atoms in total. The third kappa shape index (κ3) is 2.71. The molecule has 1 atom stereocenters. The van der Waals surface area contributed by atoms with Gasteiger partial charge in [0.05, 0.1) is 19.4 Å². The molecular weight excluding hydrogens is 230 g/mol. The molecule has 18 heavy (non-hydrogen) atoms. The smallest absolute Gasteiger partial charge is 0.287 e. The zero-order chi connectivity index (χ0) is 13.0. The number of methoxy groups -OCH3 is 1. The topological polar surface area (TPSA) is 51.5 Å². The summed E-state index contributed by atoms with van der Waals surface area (Å²) in [5.41, 5.74) is 1.01. The molecular formula is C14H15NO3. The van der Waals surface area contributed by atoms with Crippen molar-refractivity contribution in [1.82, 2.24) is 5.32 Å². The predicted octanol–water partition coefficient (Wildman–Crippen LogP) is 2.78. The number of benzene rings is 1. The number of rotatable bonds is 4. The van der Waals surface area contributed by atoms with Crippen molar-refractivity contribution >= 4 is 5.91 Å².